The van der Waals surface area contributed by atoms with E-state index in [0.717, 1.165) is 13.0 Å². The number of nitrogens with one attached hydrogen (secondary N) is 1. The van der Waals surface area contributed by atoms with Crippen molar-refractivity contribution in [3.8, 4) is 0 Å². The topological polar surface area (TPSA) is 21.3 Å². The molecule has 0 spiro atoms. The number of ether oxygens (including phenoxy) is 1. The lowest BCUT2D eigenvalue weighted by Gasteiger charge is -2.10. The molecule has 0 bridgehead atoms. The summed E-state index contributed by atoms with van der Waals surface area (Å²) in [5.41, 5.74) is 1.22. The van der Waals surface area contributed by atoms with Gasteiger partial charge in [0.2, 0.25) is 0 Å². The van der Waals surface area contributed by atoms with Crippen LogP contribution in [0.3, 0.4) is 0 Å². The number of benzene rings is 1. The van der Waals surface area contributed by atoms with Gasteiger partial charge in [-0.15, -0.1) is 0 Å². The highest BCUT2D eigenvalue weighted by Crippen LogP contribution is 2.02. The molecule has 88 valence electrons. The summed E-state index contributed by atoms with van der Waals surface area (Å²) in [6, 6.07) is 10.3. The number of hydrogen-bond acceptors (Lipinski definition) is 2. The van der Waals surface area contributed by atoms with Gasteiger partial charge in [0.1, 0.15) is 0 Å². The van der Waals surface area contributed by atoms with E-state index >= 15 is 0 Å². The summed E-state index contributed by atoms with van der Waals surface area (Å²) in [6.07, 6.45) is 5.51. The molecule has 0 radical (unpaired) electrons. The van der Waals surface area contributed by atoms with Gasteiger partial charge in [-0.25, -0.2) is 0 Å². The fourth-order valence-electron chi connectivity index (χ4n) is 1.40. The van der Waals surface area contributed by atoms with Gasteiger partial charge in [-0.2, -0.15) is 0 Å². The van der Waals surface area contributed by atoms with E-state index in [-0.39, 0.29) is 0 Å². The summed E-state index contributed by atoms with van der Waals surface area (Å²) in [7, 11) is 1.96. The molecule has 0 amide bonds. The molecule has 2 nitrogen and oxygen atoms in total. The van der Waals surface area contributed by atoms with Crippen molar-refractivity contribution >= 4 is 6.08 Å². The highest BCUT2D eigenvalue weighted by Gasteiger charge is 1.98. The second kappa shape index (κ2) is 8.08. The quantitative estimate of drug-likeness (QED) is 0.761. The lowest BCUT2D eigenvalue weighted by molar-refractivity contribution is 0.0827. The molecule has 0 aliphatic heterocycles. The van der Waals surface area contributed by atoms with Crippen LogP contribution < -0.4 is 5.32 Å². The normalized spacial score (nSPS) is 13.1. The van der Waals surface area contributed by atoms with Gasteiger partial charge in [-0.05, 0) is 32.5 Å². The van der Waals surface area contributed by atoms with Crippen LogP contribution in [0.15, 0.2) is 36.4 Å². The van der Waals surface area contributed by atoms with Gasteiger partial charge in [0.25, 0.3) is 0 Å². The highest BCUT2D eigenvalue weighted by molar-refractivity contribution is 5.48. The predicted octanol–water partition coefficient (Wildman–Crippen LogP) is 2.71. The maximum Gasteiger partial charge on any atom is 0.0654 e. The second-order valence-electron chi connectivity index (χ2n) is 3.85. The van der Waals surface area contributed by atoms with Crippen LogP contribution in [0, 0.1) is 0 Å². The third kappa shape index (κ3) is 5.69. The third-order valence-electron chi connectivity index (χ3n) is 2.39. The molecule has 1 rings (SSSR count). The second-order valence-corrected chi connectivity index (χ2v) is 3.85. The summed E-state index contributed by atoms with van der Waals surface area (Å²) in [5, 5.41) is 3.12. The molecular weight excluding hydrogens is 198 g/mol. The van der Waals surface area contributed by atoms with Crippen LogP contribution in [-0.4, -0.2) is 26.3 Å². The van der Waals surface area contributed by atoms with Gasteiger partial charge in [-0.3, -0.25) is 0 Å². The molecule has 0 heterocycles. The lowest BCUT2D eigenvalue weighted by Crippen LogP contribution is -2.17. The van der Waals surface area contributed by atoms with Crippen molar-refractivity contribution in [2.24, 2.45) is 0 Å². The molecule has 1 atom stereocenters. The number of rotatable bonds is 7. The predicted molar refractivity (Wildman–Crippen MR) is 69.4 cm³/mol. The van der Waals surface area contributed by atoms with E-state index < -0.39 is 0 Å². The average molecular weight is 219 g/mol. The van der Waals surface area contributed by atoms with E-state index in [1.54, 1.807) is 0 Å². The van der Waals surface area contributed by atoms with E-state index in [1.165, 1.54) is 5.56 Å². The maximum atomic E-state index is 5.64. The van der Waals surface area contributed by atoms with Crippen molar-refractivity contribution in [3.63, 3.8) is 0 Å². The Hall–Kier alpha value is -1.12. The van der Waals surface area contributed by atoms with Crippen molar-refractivity contribution in [1.29, 1.82) is 0 Å². The summed E-state index contributed by atoms with van der Waals surface area (Å²) in [6.45, 7) is 3.79. The Labute approximate surface area is 98.3 Å². The summed E-state index contributed by atoms with van der Waals surface area (Å²) in [4.78, 5) is 0. The van der Waals surface area contributed by atoms with Crippen molar-refractivity contribution in [3.05, 3.63) is 42.0 Å². The first-order chi connectivity index (χ1) is 7.83. The van der Waals surface area contributed by atoms with Crippen molar-refractivity contribution in [1.82, 2.24) is 5.32 Å². The zero-order valence-electron chi connectivity index (χ0n) is 10.1. The molecule has 1 unspecified atom stereocenters. The van der Waals surface area contributed by atoms with Gasteiger partial charge >= 0.3 is 0 Å². The molecule has 0 aliphatic rings. The molecule has 1 aromatic rings. The summed E-state index contributed by atoms with van der Waals surface area (Å²) < 4.78 is 5.64. The first-order valence-corrected chi connectivity index (χ1v) is 5.80. The third-order valence-corrected chi connectivity index (χ3v) is 2.39. The SMILES string of the molecule is CNCCC(C)OCC=Cc1ccccc1. The minimum atomic E-state index is 0.313. The zero-order chi connectivity index (χ0) is 11.6. The molecule has 16 heavy (non-hydrogen) atoms. The molecule has 0 saturated heterocycles. The Morgan fingerprint density at radius 1 is 1.31 bits per heavy atom. The van der Waals surface area contributed by atoms with Gasteiger partial charge in [0.05, 0.1) is 12.7 Å². The number of hydrogen-bond donors (Lipinski definition) is 1. The Morgan fingerprint density at radius 3 is 2.75 bits per heavy atom. The monoisotopic (exact) mass is 219 g/mol. The minimum absolute atomic E-state index is 0.313. The first kappa shape index (κ1) is 12.9. The summed E-state index contributed by atoms with van der Waals surface area (Å²) >= 11 is 0. The van der Waals surface area contributed by atoms with Crippen LogP contribution in [0.5, 0.6) is 0 Å². The molecular formula is C14H21NO. The minimum Gasteiger partial charge on any atom is -0.374 e. The zero-order valence-corrected chi connectivity index (χ0v) is 10.1. The van der Waals surface area contributed by atoms with Crippen molar-refractivity contribution in [2.45, 2.75) is 19.4 Å². The van der Waals surface area contributed by atoms with Crippen LogP contribution in [0.4, 0.5) is 0 Å². The molecule has 0 aliphatic carbocycles. The Kier molecular flexibility index (Phi) is 6.54. The molecule has 0 fully saturated rings. The van der Waals surface area contributed by atoms with Crippen LogP contribution in [0.25, 0.3) is 6.08 Å². The van der Waals surface area contributed by atoms with Crippen LogP contribution in [-0.2, 0) is 4.74 Å². The Balaban J connectivity index is 2.17. The van der Waals surface area contributed by atoms with Gasteiger partial charge in [-0.1, -0.05) is 42.5 Å². The van der Waals surface area contributed by atoms with E-state index in [1.807, 2.05) is 25.2 Å². The molecule has 2 heteroatoms. The fourth-order valence-corrected chi connectivity index (χ4v) is 1.40. The molecule has 1 aromatic carbocycles. The van der Waals surface area contributed by atoms with Gasteiger partial charge in [0, 0.05) is 0 Å². The first-order valence-electron chi connectivity index (χ1n) is 5.80. The fraction of sp³-hybridized carbons (Fsp3) is 0.429. The van der Waals surface area contributed by atoms with Crippen LogP contribution >= 0.6 is 0 Å². The summed E-state index contributed by atoms with van der Waals surface area (Å²) in [5.74, 6) is 0. The smallest absolute Gasteiger partial charge is 0.0654 e. The lowest BCUT2D eigenvalue weighted by atomic mass is 10.2. The van der Waals surface area contributed by atoms with Crippen molar-refractivity contribution < 1.29 is 4.74 Å². The van der Waals surface area contributed by atoms with Crippen molar-refractivity contribution in [2.75, 3.05) is 20.2 Å². The van der Waals surface area contributed by atoms with Gasteiger partial charge < -0.3 is 10.1 Å². The van der Waals surface area contributed by atoms with Gasteiger partial charge in [0.15, 0.2) is 0 Å². The maximum absolute atomic E-state index is 5.64. The van der Waals surface area contributed by atoms with E-state index in [0.29, 0.717) is 12.7 Å². The van der Waals surface area contributed by atoms with E-state index in [4.69, 9.17) is 4.74 Å². The molecule has 0 saturated carbocycles. The Bertz CT molecular complexity index is 295. The van der Waals surface area contributed by atoms with E-state index in [2.05, 4.69) is 36.5 Å². The Morgan fingerprint density at radius 2 is 2.06 bits per heavy atom. The van der Waals surface area contributed by atoms with Crippen LogP contribution in [0.2, 0.25) is 0 Å². The largest absolute Gasteiger partial charge is 0.374 e. The van der Waals surface area contributed by atoms with E-state index in [9.17, 15) is 0 Å². The highest BCUT2D eigenvalue weighted by atomic mass is 16.5. The molecule has 1 N–H and O–H groups in total. The van der Waals surface area contributed by atoms with Crippen LogP contribution in [0.1, 0.15) is 18.9 Å². The average Bonchev–Trinajstić information content (AvgIpc) is 2.33. The standard InChI is InChI=1S/C14H21NO/c1-13(10-11-15-2)16-12-6-9-14-7-4-3-5-8-14/h3-9,13,15H,10-12H2,1-2H3. The molecule has 0 aromatic heterocycles.